The molecule has 0 bridgehead atoms. The topological polar surface area (TPSA) is 69.6 Å². The Hall–Kier alpha value is -1.91. The molecule has 1 heterocycles. The molecule has 5 heteroatoms. The third kappa shape index (κ3) is 2.32. The summed E-state index contributed by atoms with van der Waals surface area (Å²) in [5.74, 6) is 2.23. The van der Waals surface area contributed by atoms with Crippen LogP contribution >= 0.6 is 0 Å². The smallest absolute Gasteiger partial charge is 0.184 e. The van der Waals surface area contributed by atoms with Crippen LogP contribution in [0.2, 0.25) is 0 Å². The number of tetrazole rings is 1. The third-order valence-corrected chi connectivity index (χ3v) is 3.98. The number of aryl methyl sites for hydroxylation is 1. The summed E-state index contributed by atoms with van der Waals surface area (Å²) in [7, 11) is 0. The zero-order chi connectivity index (χ0) is 13.4. The molecule has 1 fully saturated rings. The molecule has 1 aliphatic rings. The molecule has 1 unspecified atom stereocenters. The first-order valence-corrected chi connectivity index (χ1v) is 6.78. The van der Waals surface area contributed by atoms with Gasteiger partial charge in [0.2, 0.25) is 0 Å². The highest BCUT2D eigenvalue weighted by Gasteiger charge is 2.29. The Balaban J connectivity index is 1.92. The summed E-state index contributed by atoms with van der Waals surface area (Å²) in [5, 5.41) is 12.1. The monoisotopic (exact) mass is 257 g/mol. The molecule has 5 nitrogen and oxygen atoms in total. The predicted molar refractivity (Wildman–Crippen MR) is 74.3 cm³/mol. The number of rotatable bonds is 4. The van der Waals surface area contributed by atoms with Gasteiger partial charge in [-0.25, -0.2) is 4.68 Å². The van der Waals surface area contributed by atoms with Crippen molar-refractivity contribution in [3.63, 3.8) is 0 Å². The molecule has 19 heavy (non-hydrogen) atoms. The maximum absolute atomic E-state index is 6.14. The first-order valence-electron chi connectivity index (χ1n) is 6.78. The van der Waals surface area contributed by atoms with E-state index >= 15 is 0 Å². The van der Waals surface area contributed by atoms with E-state index in [9.17, 15) is 0 Å². The SMILES string of the molecule is Cc1cccc(-c2nnnn2CC(C)C2CC2)c1N. The fourth-order valence-corrected chi connectivity index (χ4v) is 2.48. The molecule has 100 valence electrons. The van der Waals surface area contributed by atoms with Crippen LogP contribution in [0, 0.1) is 18.8 Å². The highest BCUT2D eigenvalue weighted by molar-refractivity contribution is 5.73. The molecule has 0 radical (unpaired) electrons. The molecule has 1 saturated carbocycles. The van der Waals surface area contributed by atoms with Crippen molar-refractivity contribution in [3.8, 4) is 11.4 Å². The zero-order valence-electron chi connectivity index (χ0n) is 11.4. The molecule has 0 spiro atoms. The maximum Gasteiger partial charge on any atom is 0.184 e. The molecule has 1 aliphatic carbocycles. The van der Waals surface area contributed by atoms with E-state index in [4.69, 9.17) is 5.73 Å². The molecule has 1 aromatic heterocycles. The zero-order valence-corrected chi connectivity index (χ0v) is 11.4. The van der Waals surface area contributed by atoms with Crippen LogP contribution in [0.3, 0.4) is 0 Å². The molecular weight excluding hydrogens is 238 g/mol. The molecule has 0 aliphatic heterocycles. The predicted octanol–water partition coefficient (Wildman–Crippen LogP) is 2.28. The molecule has 3 rings (SSSR count). The average molecular weight is 257 g/mol. The van der Waals surface area contributed by atoms with E-state index in [1.54, 1.807) is 0 Å². The second-order valence-corrected chi connectivity index (χ2v) is 5.54. The van der Waals surface area contributed by atoms with E-state index in [0.717, 1.165) is 35.1 Å². The van der Waals surface area contributed by atoms with Crippen molar-refractivity contribution in [1.82, 2.24) is 20.2 Å². The van der Waals surface area contributed by atoms with Crippen molar-refractivity contribution < 1.29 is 0 Å². The number of hydrogen-bond acceptors (Lipinski definition) is 4. The van der Waals surface area contributed by atoms with Crippen molar-refractivity contribution in [1.29, 1.82) is 0 Å². The van der Waals surface area contributed by atoms with E-state index in [2.05, 4.69) is 22.4 Å². The molecule has 2 aromatic rings. The second kappa shape index (κ2) is 4.64. The van der Waals surface area contributed by atoms with E-state index in [1.165, 1.54) is 12.8 Å². The summed E-state index contributed by atoms with van der Waals surface area (Å²) >= 11 is 0. The number of nitrogen functional groups attached to an aromatic ring is 1. The van der Waals surface area contributed by atoms with Crippen molar-refractivity contribution >= 4 is 5.69 Å². The minimum Gasteiger partial charge on any atom is -0.398 e. The molecule has 1 atom stereocenters. The number of nitrogens with two attached hydrogens (primary N) is 1. The number of para-hydroxylation sites is 1. The van der Waals surface area contributed by atoms with Crippen LogP contribution in [0.15, 0.2) is 18.2 Å². The maximum atomic E-state index is 6.14. The number of hydrogen-bond donors (Lipinski definition) is 1. The molecular formula is C14H19N5. The summed E-state index contributed by atoms with van der Waals surface area (Å²) in [6.45, 7) is 5.13. The fraction of sp³-hybridized carbons (Fsp3) is 0.500. The Morgan fingerprint density at radius 2 is 2.21 bits per heavy atom. The van der Waals surface area contributed by atoms with Crippen molar-refractivity contribution in [3.05, 3.63) is 23.8 Å². The minimum atomic E-state index is 0.619. The van der Waals surface area contributed by atoms with E-state index in [-0.39, 0.29) is 0 Å². The van der Waals surface area contributed by atoms with Gasteiger partial charge in [0.25, 0.3) is 0 Å². The van der Waals surface area contributed by atoms with Gasteiger partial charge in [0, 0.05) is 17.8 Å². The van der Waals surface area contributed by atoms with Gasteiger partial charge in [-0.05, 0) is 53.7 Å². The number of aromatic nitrogens is 4. The van der Waals surface area contributed by atoms with E-state index < -0.39 is 0 Å². The van der Waals surface area contributed by atoms with Crippen LogP contribution in [-0.2, 0) is 6.54 Å². The summed E-state index contributed by atoms with van der Waals surface area (Å²) in [6, 6.07) is 5.97. The summed E-state index contributed by atoms with van der Waals surface area (Å²) in [6.07, 6.45) is 2.68. The number of nitrogens with zero attached hydrogens (tertiary/aromatic N) is 4. The van der Waals surface area contributed by atoms with Crippen LogP contribution in [0.1, 0.15) is 25.3 Å². The van der Waals surface area contributed by atoms with Crippen LogP contribution in [0.4, 0.5) is 5.69 Å². The van der Waals surface area contributed by atoms with Gasteiger partial charge in [0.1, 0.15) is 0 Å². The Morgan fingerprint density at radius 1 is 1.42 bits per heavy atom. The van der Waals surface area contributed by atoms with Crippen LogP contribution < -0.4 is 5.73 Å². The lowest BCUT2D eigenvalue weighted by Gasteiger charge is -2.12. The lowest BCUT2D eigenvalue weighted by Crippen LogP contribution is -2.12. The van der Waals surface area contributed by atoms with Crippen molar-refractivity contribution in [2.75, 3.05) is 5.73 Å². The standard InChI is InChI=1S/C14H19N5/c1-9-4-3-5-12(13(9)15)14-16-17-18-19(14)8-10(2)11-6-7-11/h3-5,10-11H,6-8,15H2,1-2H3. The fourth-order valence-electron chi connectivity index (χ4n) is 2.48. The van der Waals surface area contributed by atoms with Gasteiger partial charge in [-0.3, -0.25) is 0 Å². The van der Waals surface area contributed by atoms with Gasteiger partial charge in [-0.15, -0.1) is 5.10 Å². The highest BCUT2D eigenvalue weighted by Crippen LogP contribution is 2.37. The Kier molecular flexibility index (Phi) is 2.97. The van der Waals surface area contributed by atoms with Gasteiger partial charge in [-0.2, -0.15) is 0 Å². The second-order valence-electron chi connectivity index (χ2n) is 5.54. The van der Waals surface area contributed by atoms with Gasteiger partial charge in [-0.1, -0.05) is 19.1 Å². The van der Waals surface area contributed by atoms with Gasteiger partial charge < -0.3 is 5.73 Å². The summed E-state index contributed by atoms with van der Waals surface area (Å²) in [5.41, 5.74) is 8.88. The quantitative estimate of drug-likeness (QED) is 0.853. The van der Waals surface area contributed by atoms with Crippen LogP contribution in [0.25, 0.3) is 11.4 Å². The van der Waals surface area contributed by atoms with Crippen molar-refractivity contribution in [2.45, 2.75) is 33.2 Å². The number of benzene rings is 1. The third-order valence-electron chi connectivity index (χ3n) is 3.98. The van der Waals surface area contributed by atoms with E-state index in [1.807, 2.05) is 29.8 Å². The van der Waals surface area contributed by atoms with Gasteiger partial charge in [0.15, 0.2) is 5.82 Å². The summed E-state index contributed by atoms with van der Waals surface area (Å²) in [4.78, 5) is 0. The Morgan fingerprint density at radius 3 is 2.95 bits per heavy atom. The summed E-state index contributed by atoms with van der Waals surface area (Å²) < 4.78 is 1.88. The average Bonchev–Trinajstić information content (AvgIpc) is 3.15. The molecule has 2 N–H and O–H groups in total. The Labute approximate surface area is 112 Å². The van der Waals surface area contributed by atoms with Crippen LogP contribution in [-0.4, -0.2) is 20.2 Å². The lowest BCUT2D eigenvalue weighted by molar-refractivity contribution is 0.402. The first-order chi connectivity index (χ1) is 9.16. The highest BCUT2D eigenvalue weighted by atomic mass is 15.5. The normalized spacial score (nSPS) is 16.5. The largest absolute Gasteiger partial charge is 0.398 e. The van der Waals surface area contributed by atoms with E-state index in [0.29, 0.717) is 5.92 Å². The lowest BCUT2D eigenvalue weighted by atomic mass is 10.1. The van der Waals surface area contributed by atoms with Crippen molar-refractivity contribution in [2.24, 2.45) is 11.8 Å². The Bertz CT molecular complexity index is 585. The van der Waals surface area contributed by atoms with Gasteiger partial charge in [0.05, 0.1) is 0 Å². The first kappa shape index (κ1) is 12.1. The molecule has 1 aromatic carbocycles. The number of anilines is 1. The molecule has 0 saturated heterocycles. The van der Waals surface area contributed by atoms with Crippen LogP contribution in [0.5, 0.6) is 0 Å². The minimum absolute atomic E-state index is 0.619. The molecule has 0 amide bonds. The van der Waals surface area contributed by atoms with Gasteiger partial charge >= 0.3 is 0 Å².